The summed E-state index contributed by atoms with van der Waals surface area (Å²) < 4.78 is 0. The molecule has 0 aromatic heterocycles. The third-order valence-electron chi connectivity index (χ3n) is 5.43. The fourth-order valence-corrected chi connectivity index (χ4v) is 4.00. The molecule has 1 aliphatic heterocycles. The molecule has 1 saturated heterocycles. The lowest BCUT2D eigenvalue weighted by Gasteiger charge is -2.40. The summed E-state index contributed by atoms with van der Waals surface area (Å²) in [5, 5.41) is 0. The summed E-state index contributed by atoms with van der Waals surface area (Å²) in [6.45, 7) is 6.69. The Morgan fingerprint density at radius 2 is 1.47 bits per heavy atom. The van der Waals surface area contributed by atoms with E-state index < -0.39 is 0 Å². The topological polar surface area (TPSA) is 29.3 Å². The van der Waals surface area contributed by atoms with Crippen molar-refractivity contribution in [3.63, 3.8) is 0 Å². The number of anilines is 2. The van der Waals surface area contributed by atoms with Gasteiger partial charge in [-0.15, -0.1) is 0 Å². The Labute approximate surface area is 117 Å². The Morgan fingerprint density at radius 3 is 2.00 bits per heavy atom. The van der Waals surface area contributed by atoms with Gasteiger partial charge in [-0.05, 0) is 68.2 Å². The van der Waals surface area contributed by atoms with Crippen LogP contribution in [0.25, 0.3) is 0 Å². The summed E-state index contributed by atoms with van der Waals surface area (Å²) >= 11 is 0. The Kier molecular flexibility index (Phi) is 3.20. The third-order valence-corrected chi connectivity index (χ3v) is 5.43. The summed E-state index contributed by atoms with van der Waals surface area (Å²) in [4.78, 5) is 2.56. The minimum atomic E-state index is 0.703. The zero-order valence-electron chi connectivity index (χ0n) is 12.3. The van der Waals surface area contributed by atoms with Gasteiger partial charge in [-0.2, -0.15) is 0 Å². The lowest BCUT2D eigenvalue weighted by molar-refractivity contribution is 0.226. The number of nitrogens with zero attached hydrogens (tertiary/aromatic N) is 1. The largest absolute Gasteiger partial charge is 0.398 e. The van der Waals surface area contributed by atoms with Crippen molar-refractivity contribution in [1.29, 1.82) is 0 Å². The number of hydrogen-bond acceptors (Lipinski definition) is 2. The van der Waals surface area contributed by atoms with Crippen molar-refractivity contribution >= 4 is 11.4 Å². The van der Waals surface area contributed by atoms with Gasteiger partial charge in [0.25, 0.3) is 0 Å². The van der Waals surface area contributed by atoms with Gasteiger partial charge < -0.3 is 10.6 Å². The molecule has 2 heteroatoms. The second-order valence-electron chi connectivity index (χ2n) is 6.69. The fourth-order valence-electron chi connectivity index (χ4n) is 4.00. The highest BCUT2D eigenvalue weighted by Gasteiger charge is 2.36. The van der Waals surface area contributed by atoms with Crippen molar-refractivity contribution in [2.45, 2.75) is 52.4 Å². The molecule has 3 rings (SSSR count). The summed E-state index contributed by atoms with van der Waals surface area (Å²) in [7, 11) is 0. The minimum Gasteiger partial charge on any atom is -0.398 e. The first-order chi connectivity index (χ1) is 9.10. The van der Waals surface area contributed by atoms with Crippen LogP contribution in [0.2, 0.25) is 0 Å². The van der Waals surface area contributed by atoms with Crippen molar-refractivity contribution < 1.29 is 0 Å². The minimum absolute atomic E-state index is 0.703. The molecule has 1 saturated carbocycles. The Hall–Kier alpha value is -1.18. The van der Waals surface area contributed by atoms with E-state index in [0.717, 1.165) is 5.69 Å². The molecule has 1 heterocycles. The van der Waals surface area contributed by atoms with E-state index in [1.807, 2.05) is 0 Å². The molecule has 1 spiro atoms. The van der Waals surface area contributed by atoms with E-state index in [2.05, 4.69) is 30.9 Å². The second kappa shape index (κ2) is 4.73. The van der Waals surface area contributed by atoms with E-state index in [4.69, 9.17) is 5.73 Å². The van der Waals surface area contributed by atoms with E-state index >= 15 is 0 Å². The van der Waals surface area contributed by atoms with Gasteiger partial charge in [0, 0.05) is 24.5 Å². The van der Waals surface area contributed by atoms with Gasteiger partial charge in [0.1, 0.15) is 0 Å². The average molecular weight is 258 g/mol. The van der Waals surface area contributed by atoms with Crippen molar-refractivity contribution in [2.24, 2.45) is 5.41 Å². The lowest BCUT2D eigenvalue weighted by Crippen LogP contribution is -2.38. The average Bonchev–Trinajstić information content (AvgIpc) is 2.85. The maximum absolute atomic E-state index is 6.06. The molecule has 0 atom stereocenters. The number of aryl methyl sites for hydroxylation is 2. The maximum atomic E-state index is 6.06. The van der Waals surface area contributed by atoms with E-state index in [-0.39, 0.29) is 0 Å². The molecule has 0 amide bonds. The molecular weight excluding hydrogens is 232 g/mol. The van der Waals surface area contributed by atoms with Gasteiger partial charge in [0.2, 0.25) is 0 Å². The summed E-state index contributed by atoms with van der Waals surface area (Å²) in [6, 6.07) is 4.52. The number of piperidine rings is 1. The Balaban J connectivity index is 1.74. The zero-order valence-corrected chi connectivity index (χ0v) is 12.3. The number of rotatable bonds is 1. The monoisotopic (exact) mass is 258 g/mol. The van der Waals surface area contributed by atoms with E-state index in [1.165, 1.54) is 68.4 Å². The van der Waals surface area contributed by atoms with Crippen LogP contribution in [0.4, 0.5) is 11.4 Å². The lowest BCUT2D eigenvalue weighted by atomic mass is 9.77. The summed E-state index contributed by atoms with van der Waals surface area (Å²) in [5.41, 5.74) is 11.5. The van der Waals surface area contributed by atoms with Crippen LogP contribution in [-0.4, -0.2) is 13.1 Å². The second-order valence-corrected chi connectivity index (χ2v) is 6.69. The molecular formula is C17H26N2. The highest BCUT2D eigenvalue weighted by atomic mass is 15.1. The Bertz CT molecular complexity index is 439. The number of nitrogens with two attached hydrogens (primary N) is 1. The standard InChI is InChI=1S/C17H26N2/c1-13-11-15(12-14(2)16(13)18)19-9-7-17(8-10-19)5-3-4-6-17/h11-12H,3-10,18H2,1-2H3. The van der Waals surface area contributed by atoms with Crippen LogP contribution in [0.1, 0.15) is 49.7 Å². The molecule has 2 fully saturated rings. The molecule has 0 radical (unpaired) electrons. The molecule has 1 aromatic rings. The molecule has 2 aliphatic rings. The predicted octanol–water partition coefficient (Wildman–Crippen LogP) is 4.05. The molecule has 0 bridgehead atoms. The molecule has 1 aromatic carbocycles. The van der Waals surface area contributed by atoms with Crippen LogP contribution in [0.15, 0.2) is 12.1 Å². The third kappa shape index (κ3) is 2.33. The number of benzene rings is 1. The van der Waals surface area contributed by atoms with Gasteiger partial charge >= 0.3 is 0 Å². The van der Waals surface area contributed by atoms with Gasteiger partial charge in [-0.3, -0.25) is 0 Å². The van der Waals surface area contributed by atoms with Crippen LogP contribution < -0.4 is 10.6 Å². The molecule has 19 heavy (non-hydrogen) atoms. The Morgan fingerprint density at radius 1 is 0.947 bits per heavy atom. The normalized spacial score (nSPS) is 22.1. The van der Waals surface area contributed by atoms with E-state index in [1.54, 1.807) is 0 Å². The SMILES string of the molecule is Cc1cc(N2CCC3(CCCC3)CC2)cc(C)c1N. The summed E-state index contributed by atoms with van der Waals surface area (Å²) in [5.74, 6) is 0. The van der Waals surface area contributed by atoms with Crippen LogP contribution in [0.3, 0.4) is 0 Å². The van der Waals surface area contributed by atoms with Crippen LogP contribution >= 0.6 is 0 Å². The van der Waals surface area contributed by atoms with E-state index in [0.29, 0.717) is 5.41 Å². The highest BCUT2D eigenvalue weighted by molar-refractivity contribution is 5.62. The summed E-state index contributed by atoms with van der Waals surface area (Å²) in [6.07, 6.45) is 8.63. The molecule has 1 aliphatic carbocycles. The molecule has 0 unspecified atom stereocenters. The van der Waals surface area contributed by atoms with Crippen LogP contribution in [0.5, 0.6) is 0 Å². The van der Waals surface area contributed by atoms with Crippen molar-refractivity contribution in [2.75, 3.05) is 23.7 Å². The number of hydrogen-bond donors (Lipinski definition) is 1. The van der Waals surface area contributed by atoms with Gasteiger partial charge in [0.05, 0.1) is 0 Å². The predicted molar refractivity (Wildman–Crippen MR) is 82.7 cm³/mol. The van der Waals surface area contributed by atoms with Crippen LogP contribution in [0, 0.1) is 19.3 Å². The zero-order chi connectivity index (χ0) is 13.5. The van der Waals surface area contributed by atoms with Gasteiger partial charge in [-0.1, -0.05) is 12.8 Å². The molecule has 2 N–H and O–H groups in total. The van der Waals surface area contributed by atoms with Crippen molar-refractivity contribution in [3.05, 3.63) is 23.3 Å². The quantitative estimate of drug-likeness (QED) is 0.770. The maximum Gasteiger partial charge on any atom is 0.0374 e. The van der Waals surface area contributed by atoms with Crippen molar-refractivity contribution in [3.8, 4) is 0 Å². The van der Waals surface area contributed by atoms with Gasteiger partial charge in [-0.25, -0.2) is 0 Å². The van der Waals surface area contributed by atoms with Crippen molar-refractivity contribution in [1.82, 2.24) is 0 Å². The molecule has 104 valence electrons. The molecule has 2 nitrogen and oxygen atoms in total. The van der Waals surface area contributed by atoms with Gasteiger partial charge in [0.15, 0.2) is 0 Å². The first-order valence-electron chi connectivity index (χ1n) is 7.71. The first kappa shape index (κ1) is 12.8. The highest BCUT2D eigenvalue weighted by Crippen LogP contribution is 2.46. The van der Waals surface area contributed by atoms with E-state index in [9.17, 15) is 0 Å². The number of nitrogen functional groups attached to an aromatic ring is 1. The first-order valence-corrected chi connectivity index (χ1v) is 7.71. The smallest absolute Gasteiger partial charge is 0.0374 e. The fraction of sp³-hybridized carbons (Fsp3) is 0.647. The van der Waals surface area contributed by atoms with Crippen LogP contribution in [-0.2, 0) is 0 Å².